The first-order valence-corrected chi connectivity index (χ1v) is 7.67. The summed E-state index contributed by atoms with van der Waals surface area (Å²) < 4.78 is 10.8. The third-order valence-corrected chi connectivity index (χ3v) is 4.05. The van der Waals surface area contributed by atoms with Gasteiger partial charge in [0.05, 0.1) is 13.7 Å². The lowest BCUT2D eigenvalue weighted by Gasteiger charge is -2.29. The van der Waals surface area contributed by atoms with Gasteiger partial charge in [-0.25, -0.2) is 0 Å². The van der Waals surface area contributed by atoms with E-state index in [0.717, 1.165) is 17.9 Å². The molecule has 0 heterocycles. The highest BCUT2D eigenvalue weighted by Gasteiger charge is 2.26. The molecule has 0 aromatic heterocycles. The highest BCUT2D eigenvalue weighted by molar-refractivity contribution is 5.36. The molecule has 2 N–H and O–H groups in total. The van der Waals surface area contributed by atoms with E-state index in [2.05, 4.69) is 31.2 Å². The molecule has 118 valence electrons. The van der Waals surface area contributed by atoms with Gasteiger partial charge in [-0.2, -0.15) is 0 Å². The fourth-order valence-corrected chi connectivity index (χ4v) is 2.61. The van der Waals surface area contributed by atoms with Crippen LogP contribution in [0.3, 0.4) is 0 Å². The molecule has 0 amide bonds. The highest BCUT2D eigenvalue weighted by Crippen LogP contribution is 2.30. The van der Waals surface area contributed by atoms with E-state index in [9.17, 15) is 0 Å². The molecule has 3 heteroatoms. The molecule has 0 fully saturated rings. The maximum atomic E-state index is 6.09. The van der Waals surface area contributed by atoms with E-state index in [1.54, 1.807) is 7.11 Å². The fraction of sp³-hybridized carbons (Fsp3) is 0.368. The molecule has 2 aromatic rings. The average molecular weight is 299 g/mol. The predicted molar refractivity (Wildman–Crippen MR) is 90.7 cm³/mol. The summed E-state index contributed by atoms with van der Waals surface area (Å²) in [4.78, 5) is 0. The van der Waals surface area contributed by atoms with Crippen molar-refractivity contribution in [2.24, 2.45) is 5.73 Å². The summed E-state index contributed by atoms with van der Waals surface area (Å²) in [5.74, 6) is 1.77. The molecule has 1 atom stereocenters. The molecular weight excluding hydrogens is 274 g/mol. The first-order valence-electron chi connectivity index (χ1n) is 7.67. The van der Waals surface area contributed by atoms with Crippen molar-refractivity contribution in [1.82, 2.24) is 0 Å². The Labute approximate surface area is 133 Å². The van der Waals surface area contributed by atoms with Crippen LogP contribution in [-0.4, -0.2) is 20.3 Å². The standard InChI is InChI=1S/C19H25NO2/c1-4-22-17-10-8-15(9-11-17)13-19(2,14-20)16-6-5-7-18(12-16)21-3/h5-12H,4,13-14,20H2,1-3H3. The smallest absolute Gasteiger partial charge is 0.119 e. The summed E-state index contributed by atoms with van der Waals surface area (Å²) in [6, 6.07) is 16.4. The van der Waals surface area contributed by atoms with Gasteiger partial charge < -0.3 is 15.2 Å². The van der Waals surface area contributed by atoms with E-state index < -0.39 is 0 Å². The SMILES string of the molecule is CCOc1ccc(CC(C)(CN)c2cccc(OC)c2)cc1. The van der Waals surface area contributed by atoms with Gasteiger partial charge in [-0.1, -0.05) is 31.2 Å². The fourth-order valence-electron chi connectivity index (χ4n) is 2.61. The molecule has 1 unspecified atom stereocenters. The number of hydrogen-bond donors (Lipinski definition) is 1. The van der Waals surface area contributed by atoms with Crippen LogP contribution in [0.15, 0.2) is 48.5 Å². The third-order valence-electron chi connectivity index (χ3n) is 4.05. The summed E-state index contributed by atoms with van der Waals surface area (Å²) in [6.45, 7) is 5.44. The Morgan fingerprint density at radius 1 is 1.05 bits per heavy atom. The van der Waals surface area contributed by atoms with Gasteiger partial charge in [-0.3, -0.25) is 0 Å². The van der Waals surface area contributed by atoms with Crippen LogP contribution in [0.5, 0.6) is 11.5 Å². The molecular formula is C19H25NO2. The second kappa shape index (κ2) is 7.32. The number of methoxy groups -OCH3 is 1. The lowest BCUT2D eigenvalue weighted by Crippen LogP contribution is -2.34. The van der Waals surface area contributed by atoms with E-state index >= 15 is 0 Å². The van der Waals surface area contributed by atoms with Gasteiger partial charge in [0.1, 0.15) is 11.5 Å². The third kappa shape index (κ3) is 3.80. The molecule has 0 aliphatic carbocycles. The number of ether oxygens (including phenoxy) is 2. The van der Waals surface area contributed by atoms with Crippen molar-refractivity contribution in [2.75, 3.05) is 20.3 Å². The zero-order valence-corrected chi connectivity index (χ0v) is 13.6. The van der Waals surface area contributed by atoms with Gasteiger partial charge in [0, 0.05) is 12.0 Å². The van der Waals surface area contributed by atoms with Crippen LogP contribution in [0.1, 0.15) is 25.0 Å². The minimum absolute atomic E-state index is 0.123. The number of nitrogens with two attached hydrogens (primary N) is 1. The zero-order valence-electron chi connectivity index (χ0n) is 13.6. The molecule has 0 bridgehead atoms. The largest absolute Gasteiger partial charge is 0.497 e. The summed E-state index contributed by atoms with van der Waals surface area (Å²) in [6.07, 6.45) is 0.878. The number of rotatable bonds is 7. The average Bonchev–Trinajstić information content (AvgIpc) is 2.57. The zero-order chi connectivity index (χ0) is 16.0. The minimum Gasteiger partial charge on any atom is -0.497 e. The van der Waals surface area contributed by atoms with E-state index in [1.165, 1.54) is 11.1 Å². The predicted octanol–water partition coefficient (Wildman–Crippen LogP) is 3.55. The molecule has 22 heavy (non-hydrogen) atoms. The van der Waals surface area contributed by atoms with Gasteiger partial charge >= 0.3 is 0 Å². The Kier molecular flexibility index (Phi) is 5.45. The van der Waals surface area contributed by atoms with Crippen molar-refractivity contribution in [2.45, 2.75) is 25.7 Å². The van der Waals surface area contributed by atoms with Crippen molar-refractivity contribution in [1.29, 1.82) is 0 Å². The van der Waals surface area contributed by atoms with E-state index in [4.69, 9.17) is 15.2 Å². The van der Waals surface area contributed by atoms with Crippen molar-refractivity contribution in [3.8, 4) is 11.5 Å². The van der Waals surface area contributed by atoms with E-state index in [-0.39, 0.29) is 5.41 Å². The normalized spacial score (nSPS) is 13.5. The lowest BCUT2D eigenvalue weighted by atomic mass is 9.77. The first kappa shape index (κ1) is 16.4. The summed E-state index contributed by atoms with van der Waals surface area (Å²) in [5, 5.41) is 0. The Balaban J connectivity index is 2.22. The summed E-state index contributed by atoms with van der Waals surface area (Å²) in [5.41, 5.74) is 8.41. The molecule has 0 aliphatic heterocycles. The van der Waals surface area contributed by atoms with Gasteiger partial charge in [-0.15, -0.1) is 0 Å². The van der Waals surface area contributed by atoms with Crippen LogP contribution in [0.2, 0.25) is 0 Å². The van der Waals surface area contributed by atoms with Gasteiger partial charge in [-0.05, 0) is 48.7 Å². The van der Waals surface area contributed by atoms with Crippen molar-refractivity contribution < 1.29 is 9.47 Å². The molecule has 2 rings (SSSR count). The summed E-state index contributed by atoms with van der Waals surface area (Å²) >= 11 is 0. The lowest BCUT2D eigenvalue weighted by molar-refractivity contribution is 0.340. The van der Waals surface area contributed by atoms with Crippen LogP contribution in [0.25, 0.3) is 0 Å². The molecule has 0 saturated carbocycles. The van der Waals surface area contributed by atoms with Gasteiger partial charge in [0.25, 0.3) is 0 Å². The van der Waals surface area contributed by atoms with Crippen LogP contribution in [0.4, 0.5) is 0 Å². The first-order chi connectivity index (χ1) is 10.6. The Morgan fingerprint density at radius 2 is 1.77 bits per heavy atom. The second-order valence-corrected chi connectivity index (χ2v) is 5.75. The van der Waals surface area contributed by atoms with E-state index in [0.29, 0.717) is 13.2 Å². The molecule has 2 aromatic carbocycles. The number of hydrogen-bond acceptors (Lipinski definition) is 3. The van der Waals surface area contributed by atoms with Crippen LogP contribution in [0, 0.1) is 0 Å². The molecule has 3 nitrogen and oxygen atoms in total. The number of benzene rings is 2. The van der Waals surface area contributed by atoms with Crippen molar-refractivity contribution in [3.05, 3.63) is 59.7 Å². The molecule has 0 radical (unpaired) electrons. The topological polar surface area (TPSA) is 44.5 Å². The molecule has 0 spiro atoms. The molecule has 0 aliphatic rings. The maximum Gasteiger partial charge on any atom is 0.119 e. The Hall–Kier alpha value is -2.00. The van der Waals surface area contributed by atoms with Crippen LogP contribution < -0.4 is 15.2 Å². The summed E-state index contributed by atoms with van der Waals surface area (Å²) in [7, 11) is 1.69. The van der Waals surface area contributed by atoms with E-state index in [1.807, 2.05) is 31.2 Å². The maximum absolute atomic E-state index is 6.09. The molecule has 0 saturated heterocycles. The van der Waals surface area contributed by atoms with Crippen LogP contribution in [-0.2, 0) is 11.8 Å². The van der Waals surface area contributed by atoms with Crippen molar-refractivity contribution in [3.63, 3.8) is 0 Å². The Bertz CT molecular complexity index is 595. The minimum atomic E-state index is -0.123. The highest BCUT2D eigenvalue weighted by atomic mass is 16.5. The van der Waals surface area contributed by atoms with Gasteiger partial charge in [0.15, 0.2) is 0 Å². The van der Waals surface area contributed by atoms with Crippen LogP contribution >= 0.6 is 0 Å². The van der Waals surface area contributed by atoms with Crippen molar-refractivity contribution >= 4 is 0 Å². The monoisotopic (exact) mass is 299 g/mol. The van der Waals surface area contributed by atoms with Gasteiger partial charge in [0.2, 0.25) is 0 Å². The second-order valence-electron chi connectivity index (χ2n) is 5.75. The Morgan fingerprint density at radius 3 is 2.36 bits per heavy atom. The quantitative estimate of drug-likeness (QED) is 0.850.